The molecule has 0 atom stereocenters. The van der Waals surface area contributed by atoms with E-state index in [1.54, 1.807) is 32.4 Å². The SMILES string of the molecule is CN(C)C(=O)C=Cc1ccc2[nH]c(=O)c3cnc(C4CCCCC4)n3c2c1. The molecule has 6 nitrogen and oxygen atoms in total. The quantitative estimate of drug-likeness (QED) is 0.725. The van der Waals surface area contributed by atoms with Crippen molar-refractivity contribution >= 4 is 28.5 Å². The molecule has 0 aliphatic heterocycles. The maximum absolute atomic E-state index is 12.5. The molecule has 0 radical (unpaired) electrons. The largest absolute Gasteiger partial charge is 0.345 e. The van der Waals surface area contributed by atoms with E-state index in [0.29, 0.717) is 11.4 Å². The number of aromatic amines is 1. The minimum Gasteiger partial charge on any atom is -0.345 e. The molecule has 0 spiro atoms. The summed E-state index contributed by atoms with van der Waals surface area (Å²) in [6, 6.07) is 5.80. The Bertz CT molecular complexity index is 1080. The number of fused-ring (bicyclic) bond motifs is 3. The van der Waals surface area contributed by atoms with Gasteiger partial charge in [0.05, 0.1) is 17.2 Å². The van der Waals surface area contributed by atoms with Crippen LogP contribution in [-0.4, -0.2) is 39.3 Å². The third-order valence-electron chi connectivity index (χ3n) is 5.36. The van der Waals surface area contributed by atoms with Crippen molar-refractivity contribution in [3.05, 3.63) is 52.2 Å². The standard InChI is InChI=1S/C21H24N4O2/c1-24(2)19(26)11-9-14-8-10-16-17(12-14)25-18(21(27)23-16)13-22-20(25)15-6-4-3-5-7-15/h8-13,15H,3-7H2,1-2H3,(H,23,27). The van der Waals surface area contributed by atoms with Crippen molar-refractivity contribution in [2.24, 2.45) is 0 Å². The van der Waals surface area contributed by atoms with Crippen molar-refractivity contribution in [2.75, 3.05) is 14.1 Å². The molecule has 27 heavy (non-hydrogen) atoms. The van der Waals surface area contributed by atoms with Gasteiger partial charge >= 0.3 is 0 Å². The Balaban J connectivity index is 1.87. The topological polar surface area (TPSA) is 70.5 Å². The predicted molar refractivity (Wildman–Crippen MR) is 107 cm³/mol. The minimum absolute atomic E-state index is 0.0627. The summed E-state index contributed by atoms with van der Waals surface area (Å²) in [5.74, 6) is 1.30. The molecular formula is C21H24N4O2. The highest BCUT2D eigenvalue weighted by molar-refractivity contribution is 5.92. The number of likely N-dealkylation sites (N-methyl/N-ethyl adjacent to an activating group) is 1. The van der Waals surface area contributed by atoms with E-state index in [9.17, 15) is 9.59 Å². The van der Waals surface area contributed by atoms with Gasteiger partial charge in [-0.1, -0.05) is 25.3 Å². The van der Waals surface area contributed by atoms with E-state index < -0.39 is 0 Å². The van der Waals surface area contributed by atoms with Gasteiger partial charge in [0, 0.05) is 26.1 Å². The number of aromatic nitrogens is 3. The fourth-order valence-corrected chi connectivity index (χ4v) is 3.87. The van der Waals surface area contributed by atoms with Crippen LogP contribution in [0.3, 0.4) is 0 Å². The number of hydrogen-bond donors (Lipinski definition) is 1. The maximum atomic E-state index is 12.5. The zero-order valence-corrected chi connectivity index (χ0v) is 15.7. The number of H-pyrrole nitrogens is 1. The highest BCUT2D eigenvalue weighted by Gasteiger charge is 2.21. The summed E-state index contributed by atoms with van der Waals surface area (Å²) in [5, 5.41) is 0. The van der Waals surface area contributed by atoms with Crippen LogP contribution >= 0.6 is 0 Å². The fourth-order valence-electron chi connectivity index (χ4n) is 3.87. The molecule has 1 amide bonds. The number of amides is 1. The van der Waals surface area contributed by atoms with Crippen LogP contribution in [0, 0.1) is 0 Å². The molecule has 6 heteroatoms. The van der Waals surface area contributed by atoms with Gasteiger partial charge < -0.3 is 9.88 Å². The molecule has 1 aromatic carbocycles. The molecule has 1 N–H and O–H groups in total. The lowest BCUT2D eigenvalue weighted by molar-refractivity contribution is -0.123. The number of nitrogens with one attached hydrogen (secondary N) is 1. The summed E-state index contributed by atoms with van der Waals surface area (Å²) in [7, 11) is 3.45. The van der Waals surface area contributed by atoms with Crippen molar-refractivity contribution in [2.45, 2.75) is 38.0 Å². The average Bonchev–Trinajstić information content (AvgIpc) is 3.13. The van der Waals surface area contributed by atoms with Crippen molar-refractivity contribution in [1.29, 1.82) is 0 Å². The lowest BCUT2D eigenvalue weighted by Crippen LogP contribution is -2.18. The predicted octanol–water partition coefficient (Wildman–Crippen LogP) is 3.32. The van der Waals surface area contributed by atoms with Gasteiger partial charge in [0.25, 0.3) is 5.56 Å². The third kappa shape index (κ3) is 3.27. The van der Waals surface area contributed by atoms with Crippen LogP contribution in [0.25, 0.3) is 22.6 Å². The van der Waals surface area contributed by atoms with E-state index in [1.807, 2.05) is 22.6 Å². The smallest absolute Gasteiger partial charge is 0.274 e. The first-order chi connectivity index (χ1) is 13.0. The summed E-state index contributed by atoms with van der Waals surface area (Å²) >= 11 is 0. The Morgan fingerprint density at radius 3 is 2.74 bits per heavy atom. The van der Waals surface area contributed by atoms with Crippen LogP contribution in [0.5, 0.6) is 0 Å². The van der Waals surface area contributed by atoms with Crippen LogP contribution in [0.2, 0.25) is 0 Å². The van der Waals surface area contributed by atoms with Crippen molar-refractivity contribution < 1.29 is 4.79 Å². The van der Waals surface area contributed by atoms with Gasteiger partial charge in [-0.25, -0.2) is 4.98 Å². The summed E-state index contributed by atoms with van der Waals surface area (Å²) in [6.45, 7) is 0. The van der Waals surface area contributed by atoms with Gasteiger partial charge in [-0.2, -0.15) is 0 Å². The van der Waals surface area contributed by atoms with Gasteiger partial charge in [-0.3, -0.25) is 14.0 Å². The molecule has 140 valence electrons. The molecular weight excluding hydrogens is 340 g/mol. The maximum Gasteiger partial charge on any atom is 0.274 e. The van der Waals surface area contributed by atoms with E-state index in [4.69, 9.17) is 0 Å². The molecule has 1 aliphatic rings. The zero-order chi connectivity index (χ0) is 19.0. The number of hydrogen-bond acceptors (Lipinski definition) is 3. The van der Waals surface area contributed by atoms with Gasteiger partial charge in [0.15, 0.2) is 0 Å². The third-order valence-corrected chi connectivity index (χ3v) is 5.36. The first-order valence-electron chi connectivity index (χ1n) is 9.47. The number of benzene rings is 1. The lowest BCUT2D eigenvalue weighted by atomic mass is 9.89. The molecule has 2 aromatic heterocycles. The normalized spacial score (nSPS) is 15.8. The summed E-state index contributed by atoms with van der Waals surface area (Å²) in [4.78, 5) is 33.4. The average molecular weight is 364 g/mol. The van der Waals surface area contributed by atoms with E-state index in [0.717, 1.165) is 35.3 Å². The van der Waals surface area contributed by atoms with Crippen LogP contribution in [0.1, 0.15) is 49.4 Å². The second-order valence-corrected chi connectivity index (χ2v) is 7.47. The van der Waals surface area contributed by atoms with E-state index in [-0.39, 0.29) is 11.5 Å². The zero-order valence-electron chi connectivity index (χ0n) is 15.7. The number of imidazole rings is 1. The Morgan fingerprint density at radius 1 is 1.22 bits per heavy atom. The number of carbonyl (C=O) groups excluding carboxylic acids is 1. The van der Waals surface area contributed by atoms with Crippen molar-refractivity contribution in [1.82, 2.24) is 19.3 Å². The number of rotatable bonds is 3. The first kappa shape index (κ1) is 17.5. The van der Waals surface area contributed by atoms with Gasteiger partial charge in [0.2, 0.25) is 5.91 Å². The van der Waals surface area contributed by atoms with E-state index in [1.165, 1.54) is 24.2 Å². The van der Waals surface area contributed by atoms with E-state index in [2.05, 4.69) is 9.97 Å². The highest BCUT2D eigenvalue weighted by atomic mass is 16.2. The molecule has 1 aliphatic carbocycles. The monoisotopic (exact) mass is 364 g/mol. The Hall–Kier alpha value is -2.89. The van der Waals surface area contributed by atoms with Gasteiger partial charge in [-0.05, 0) is 36.6 Å². The molecule has 1 fully saturated rings. The molecule has 0 saturated heterocycles. The summed E-state index contributed by atoms with van der Waals surface area (Å²) in [5.41, 5.74) is 3.06. The Morgan fingerprint density at radius 2 is 2.00 bits per heavy atom. The molecule has 2 heterocycles. The summed E-state index contributed by atoms with van der Waals surface area (Å²) < 4.78 is 2.01. The molecule has 0 unspecified atom stereocenters. The summed E-state index contributed by atoms with van der Waals surface area (Å²) in [6.07, 6.45) is 11.0. The van der Waals surface area contributed by atoms with E-state index >= 15 is 0 Å². The molecule has 4 rings (SSSR count). The fraction of sp³-hybridized carbons (Fsp3) is 0.381. The highest BCUT2D eigenvalue weighted by Crippen LogP contribution is 2.33. The van der Waals surface area contributed by atoms with Crippen molar-refractivity contribution in [3.63, 3.8) is 0 Å². The van der Waals surface area contributed by atoms with Crippen LogP contribution in [0.4, 0.5) is 0 Å². The van der Waals surface area contributed by atoms with Crippen LogP contribution in [0.15, 0.2) is 35.3 Å². The van der Waals surface area contributed by atoms with Gasteiger partial charge in [0.1, 0.15) is 11.3 Å². The lowest BCUT2D eigenvalue weighted by Gasteiger charge is -2.21. The number of carbonyl (C=O) groups is 1. The number of nitrogens with zero attached hydrogens (tertiary/aromatic N) is 3. The Labute approximate surface area is 157 Å². The van der Waals surface area contributed by atoms with Crippen LogP contribution in [-0.2, 0) is 4.79 Å². The first-order valence-corrected chi connectivity index (χ1v) is 9.47. The minimum atomic E-state index is -0.122. The molecule has 3 aromatic rings. The molecule has 0 bridgehead atoms. The van der Waals surface area contributed by atoms with Gasteiger partial charge in [-0.15, -0.1) is 0 Å². The Kier molecular flexibility index (Phi) is 4.56. The van der Waals surface area contributed by atoms with Crippen LogP contribution < -0.4 is 5.56 Å². The molecule has 1 saturated carbocycles. The second kappa shape index (κ2) is 7.02. The van der Waals surface area contributed by atoms with Crippen molar-refractivity contribution in [3.8, 4) is 0 Å². The second-order valence-electron chi connectivity index (χ2n) is 7.47.